The van der Waals surface area contributed by atoms with Gasteiger partial charge >= 0.3 is 0 Å². The lowest BCUT2D eigenvalue weighted by molar-refractivity contribution is -0.118. The third kappa shape index (κ3) is 1.85. The van der Waals surface area contributed by atoms with Crippen LogP contribution in [0.15, 0.2) is 34.3 Å². The molecule has 0 spiro atoms. The Labute approximate surface area is 128 Å². The minimum Gasteiger partial charge on any atom is -0.472 e. The second kappa shape index (κ2) is 4.35. The minimum absolute atomic E-state index is 0.0211. The maximum Gasteiger partial charge on any atom is 0.162 e. The van der Waals surface area contributed by atoms with Gasteiger partial charge in [0.05, 0.1) is 12.5 Å². The van der Waals surface area contributed by atoms with E-state index in [0.29, 0.717) is 6.42 Å². The van der Waals surface area contributed by atoms with Crippen molar-refractivity contribution in [3.05, 3.63) is 46.7 Å². The molecule has 2 aromatic rings. The van der Waals surface area contributed by atoms with Crippen molar-refractivity contribution in [3.8, 4) is 0 Å². The third-order valence-corrected chi connectivity index (χ3v) is 4.64. The van der Waals surface area contributed by atoms with Crippen molar-refractivity contribution >= 4 is 11.6 Å². The SMILES string of the molecule is Cc1[nH]nc2c1C(c1ccoc1)C1=C(CC(C)(C)CC1=O)N2. The Morgan fingerprint density at radius 3 is 2.91 bits per heavy atom. The van der Waals surface area contributed by atoms with Crippen LogP contribution in [0.3, 0.4) is 0 Å². The van der Waals surface area contributed by atoms with Gasteiger partial charge in [-0.15, -0.1) is 0 Å². The fourth-order valence-electron chi connectivity index (χ4n) is 3.73. The predicted molar refractivity (Wildman–Crippen MR) is 82.5 cm³/mol. The molecular weight excluding hydrogens is 278 g/mol. The van der Waals surface area contributed by atoms with Crippen LogP contribution < -0.4 is 5.32 Å². The molecule has 2 aliphatic rings. The zero-order valence-corrected chi connectivity index (χ0v) is 13.0. The first-order valence-corrected chi connectivity index (χ1v) is 7.56. The molecule has 0 radical (unpaired) electrons. The standard InChI is InChI=1S/C17H19N3O2/c1-9-13-14(10-4-5-22-8-10)15-11(18-16(13)20-19-9)6-17(2,3)7-12(15)21/h4-5,8,14H,6-7H2,1-3H3,(H2,18,19,20). The summed E-state index contributed by atoms with van der Waals surface area (Å²) in [5.74, 6) is 0.955. The molecule has 4 rings (SSSR count). The van der Waals surface area contributed by atoms with Crippen molar-refractivity contribution in [3.63, 3.8) is 0 Å². The molecule has 1 aliphatic carbocycles. The number of H-pyrrole nitrogens is 1. The van der Waals surface area contributed by atoms with E-state index in [2.05, 4.69) is 29.4 Å². The number of fused-ring (bicyclic) bond motifs is 1. The van der Waals surface area contributed by atoms with E-state index < -0.39 is 0 Å². The van der Waals surface area contributed by atoms with E-state index in [4.69, 9.17) is 4.42 Å². The summed E-state index contributed by atoms with van der Waals surface area (Å²) >= 11 is 0. The van der Waals surface area contributed by atoms with Crippen LogP contribution in [0.4, 0.5) is 5.82 Å². The van der Waals surface area contributed by atoms with Crippen LogP contribution >= 0.6 is 0 Å². The zero-order chi connectivity index (χ0) is 15.5. The van der Waals surface area contributed by atoms with Crippen molar-refractivity contribution in [1.82, 2.24) is 10.2 Å². The van der Waals surface area contributed by atoms with Crippen molar-refractivity contribution in [2.24, 2.45) is 5.41 Å². The van der Waals surface area contributed by atoms with Crippen molar-refractivity contribution < 1.29 is 9.21 Å². The average molecular weight is 297 g/mol. The summed E-state index contributed by atoms with van der Waals surface area (Å²) in [6.07, 6.45) is 4.82. The number of hydrogen-bond donors (Lipinski definition) is 2. The van der Waals surface area contributed by atoms with E-state index in [-0.39, 0.29) is 17.1 Å². The Bertz CT molecular complexity index is 781. The Kier molecular flexibility index (Phi) is 2.64. The molecule has 1 atom stereocenters. The lowest BCUT2D eigenvalue weighted by Crippen LogP contribution is -2.33. The summed E-state index contributed by atoms with van der Waals surface area (Å²) in [4.78, 5) is 12.8. The van der Waals surface area contributed by atoms with Crippen LogP contribution in [0.2, 0.25) is 0 Å². The number of nitrogens with one attached hydrogen (secondary N) is 2. The number of aromatic nitrogens is 2. The van der Waals surface area contributed by atoms with E-state index in [1.807, 2.05) is 13.0 Å². The number of anilines is 1. The molecule has 114 valence electrons. The Morgan fingerprint density at radius 2 is 2.18 bits per heavy atom. The molecular formula is C17H19N3O2. The molecule has 5 heteroatoms. The second-order valence-electron chi connectivity index (χ2n) is 7.06. The molecule has 3 heterocycles. The highest BCUT2D eigenvalue weighted by Crippen LogP contribution is 2.49. The Morgan fingerprint density at radius 1 is 1.36 bits per heavy atom. The van der Waals surface area contributed by atoms with E-state index in [1.54, 1.807) is 12.5 Å². The van der Waals surface area contributed by atoms with Crippen molar-refractivity contribution in [1.29, 1.82) is 0 Å². The van der Waals surface area contributed by atoms with Gasteiger partial charge in [0.15, 0.2) is 11.6 Å². The number of aromatic amines is 1. The second-order valence-corrected chi connectivity index (χ2v) is 7.06. The van der Waals surface area contributed by atoms with Crippen molar-refractivity contribution in [2.45, 2.75) is 39.5 Å². The number of Topliss-reactive ketones (excluding diaryl/α,β-unsaturated/α-hetero) is 1. The van der Waals surface area contributed by atoms with Crippen molar-refractivity contribution in [2.75, 3.05) is 5.32 Å². The Balaban J connectivity index is 1.94. The molecule has 0 bridgehead atoms. The van der Waals surface area contributed by atoms with Crippen LogP contribution in [0.1, 0.15) is 49.4 Å². The molecule has 0 amide bonds. The summed E-state index contributed by atoms with van der Waals surface area (Å²) in [5, 5.41) is 10.8. The Hall–Kier alpha value is -2.30. The summed E-state index contributed by atoms with van der Waals surface area (Å²) < 4.78 is 5.27. The quantitative estimate of drug-likeness (QED) is 0.845. The zero-order valence-electron chi connectivity index (χ0n) is 13.0. The number of hydrogen-bond acceptors (Lipinski definition) is 4. The summed E-state index contributed by atoms with van der Waals surface area (Å²) in [6.45, 7) is 6.26. The van der Waals surface area contributed by atoms with Gasteiger partial charge in [-0.3, -0.25) is 9.89 Å². The van der Waals surface area contributed by atoms with Gasteiger partial charge in [-0.1, -0.05) is 13.8 Å². The van der Waals surface area contributed by atoms with Gasteiger partial charge in [-0.25, -0.2) is 0 Å². The van der Waals surface area contributed by atoms with Crippen LogP contribution in [-0.4, -0.2) is 16.0 Å². The number of nitrogens with zero attached hydrogens (tertiary/aromatic N) is 1. The first-order chi connectivity index (χ1) is 10.5. The summed E-state index contributed by atoms with van der Waals surface area (Å²) in [5.41, 5.74) is 4.90. The van der Waals surface area contributed by atoms with Gasteiger partial charge < -0.3 is 9.73 Å². The molecule has 0 aromatic carbocycles. The number of furan rings is 1. The molecule has 0 fully saturated rings. The van der Waals surface area contributed by atoms with E-state index >= 15 is 0 Å². The molecule has 2 aromatic heterocycles. The van der Waals surface area contributed by atoms with Crippen LogP contribution in [0.25, 0.3) is 0 Å². The average Bonchev–Trinajstić information content (AvgIpc) is 3.05. The molecule has 22 heavy (non-hydrogen) atoms. The largest absolute Gasteiger partial charge is 0.472 e. The molecule has 1 aliphatic heterocycles. The highest BCUT2D eigenvalue weighted by molar-refractivity contribution is 6.01. The van der Waals surface area contributed by atoms with Gasteiger partial charge in [0.1, 0.15) is 0 Å². The minimum atomic E-state index is -0.0904. The molecule has 0 saturated heterocycles. The molecule has 1 unspecified atom stereocenters. The summed E-state index contributed by atoms with van der Waals surface area (Å²) in [7, 11) is 0. The predicted octanol–water partition coefficient (Wildman–Crippen LogP) is 3.51. The van der Waals surface area contributed by atoms with Crippen LogP contribution in [0, 0.1) is 12.3 Å². The molecule has 2 N–H and O–H groups in total. The number of ketones is 1. The maximum atomic E-state index is 12.8. The van der Waals surface area contributed by atoms with Gasteiger partial charge in [0, 0.05) is 40.4 Å². The van der Waals surface area contributed by atoms with Crippen LogP contribution in [-0.2, 0) is 4.79 Å². The van der Waals surface area contributed by atoms with E-state index in [1.165, 1.54) is 0 Å². The highest BCUT2D eigenvalue weighted by atomic mass is 16.3. The van der Waals surface area contributed by atoms with Gasteiger partial charge in [-0.05, 0) is 24.8 Å². The lowest BCUT2D eigenvalue weighted by atomic mass is 9.69. The van der Waals surface area contributed by atoms with E-state index in [9.17, 15) is 4.79 Å². The van der Waals surface area contributed by atoms with E-state index in [0.717, 1.165) is 40.3 Å². The number of aryl methyl sites for hydroxylation is 1. The number of rotatable bonds is 1. The first kappa shape index (κ1) is 13.4. The molecule has 0 saturated carbocycles. The molecule has 5 nitrogen and oxygen atoms in total. The third-order valence-electron chi connectivity index (χ3n) is 4.64. The monoisotopic (exact) mass is 297 g/mol. The smallest absolute Gasteiger partial charge is 0.162 e. The summed E-state index contributed by atoms with van der Waals surface area (Å²) in [6, 6.07) is 1.93. The number of carbonyl (C=O) groups excluding carboxylic acids is 1. The normalized spacial score (nSPS) is 23.0. The maximum absolute atomic E-state index is 12.8. The topological polar surface area (TPSA) is 70.9 Å². The van der Waals surface area contributed by atoms with Gasteiger partial charge in [-0.2, -0.15) is 5.10 Å². The fraction of sp³-hybridized carbons (Fsp3) is 0.412. The highest BCUT2D eigenvalue weighted by Gasteiger charge is 2.42. The fourth-order valence-corrected chi connectivity index (χ4v) is 3.73. The number of carbonyl (C=O) groups is 1. The lowest BCUT2D eigenvalue weighted by Gasteiger charge is -2.37. The van der Waals surface area contributed by atoms with Crippen LogP contribution in [0.5, 0.6) is 0 Å². The van der Waals surface area contributed by atoms with Gasteiger partial charge in [0.25, 0.3) is 0 Å². The number of allylic oxidation sites excluding steroid dienone is 2. The van der Waals surface area contributed by atoms with Gasteiger partial charge in [0.2, 0.25) is 0 Å². The first-order valence-electron chi connectivity index (χ1n) is 7.56.